The Labute approximate surface area is 120 Å². The van der Waals surface area contributed by atoms with Crippen molar-refractivity contribution in [2.24, 2.45) is 11.1 Å². The van der Waals surface area contributed by atoms with Gasteiger partial charge in [0.2, 0.25) is 5.91 Å². The maximum Gasteiger partial charge on any atom is 0.227 e. The molecule has 0 unspecified atom stereocenters. The highest BCUT2D eigenvalue weighted by Gasteiger charge is 2.48. The van der Waals surface area contributed by atoms with Gasteiger partial charge in [0.1, 0.15) is 0 Å². The van der Waals surface area contributed by atoms with Gasteiger partial charge in [-0.3, -0.25) is 4.79 Å². The lowest BCUT2D eigenvalue weighted by atomic mass is 9.91. The normalized spacial score (nSPS) is 17.6. The number of halogens is 1. The van der Waals surface area contributed by atoms with Crippen molar-refractivity contribution in [3.63, 3.8) is 0 Å². The first-order valence-corrected chi connectivity index (χ1v) is 7.75. The lowest BCUT2D eigenvalue weighted by Crippen LogP contribution is -2.42. The molecule has 1 aromatic heterocycles. The molecular formula is C13H19BrN2OS. The summed E-state index contributed by atoms with van der Waals surface area (Å²) in [7, 11) is 0. The van der Waals surface area contributed by atoms with E-state index in [1.807, 2.05) is 6.07 Å². The molecule has 0 saturated heterocycles. The van der Waals surface area contributed by atoms with E-state index in [-0.39, 0.29) is 16.7 Å². The fourth-order valence-corrected chi connectivity index (χ4v) is 3.41. The average molecular weight is 331 g/mol. The highest BCUT2D eigenvalue weighted by atomic mass is 79.9. The number of nitrogens with one attached hydrogen (secondary N) is 1. The van der Waals surface area contributed by atoms with Gasteiger partial charge in [-0.05, 0) is 40.9 Å². The molecule has 0 aromatic carbocycles. The molecule has 1 aromatic rings. The van der Waals surface area contributed by atoms with Gasteiger partial charge >= 0.3 is 0 Å². The minimum Gasteiger partial charge on any atom is -0.355 e. The van der Waals surface area contributed by atoms with Gasteiger partial charge in [-0.1, -0.05) is 13.8 Å². The number of thiophene rings is 1. The summed E-state index contributed by atoms with van der Waals surface area (Å²) in [6.07, 6.45) is 1.86. The van der Waals surface area contributed by atoms with E-state index in [9.17, 15) is 4.79 Å². The van der Waals surface area contributed by atoms with Crippen molar-refractivity contribution in [3.05, 3.63) is 20.8 Å². The Kier molecular flexibility index (Phi) is 3.85. The Morgan fingerprint density at radius 3 is 2.67 bits per heavy atom. The van der Waals surface area contributed by atoms with Gasteiger partial charge < -0.3 is 11.1 Å². The van der Waals surface area contributed by atoms with Gasteiger partial charge in [-0.2, -0.15) is 0 Å². The van der Waals surface area contributed by atoms with Crippen LogP contribution in [-0.2, 0) is 10.2 Å². The van der Waals surface area contributed by atoms with E-state index in [0.717, 1.165) is 16.6 Å². The van der Waals surface area contributed by atoms with Crippen molar-refractivity contribution in [2.75, 3.05) is 13.1 Å². The van der Waals surface area contributed by atoms with E-state index in [1.165, 1.54) is 4.88 Å². The lowest BCUT2D eigenvalue weighted by molar-refractivity contribution is -0.126. The molecule has 18 heavy (non-hydrogen) atoms. The Hall–Kier alpha value is -0.390. The summed E-state index contributed by atoms with van der Waals surface area (Å²) in [5.74, 6) is 0.119. The summed E-state index contributed by atoms with van der Waals surface area (Å²) in [5, 5.41) is 3.06. The van der Waals surface area contributed by atoms with E-state index in [2.05, 4.69) is 41.2 Å². The molecule has 1 aliphatic rings. The number of hydrogen-bond acceptors (Lipinski definition) is 3. The largest absolute Gasteiger partial charge is 0.355 e. The van der Waals surface area contributed by atoms with Gasteiger partial charge in [0.15, 0.2) is 0 Å². The predicted octanol–water partition coefficient (Wildman–Crippen LogP) is 2.64. The number of nitrogens with two attached hydrogens (primary N) is 1. The second-order valence-electron chi connectivity index (χ2n) is 5.65. The Morgan fingerprint density at radius 2 is 2.22 bits per heavy atom. The van der Waals surface area contributed by atoms with Crippen molar-refractivity contribution in [1.82, 2.24) is 5.32 Å². The molecule has 0 spiro atoms. The molecule has 0 aliphatic heterocycles. The third-order valence-corrected chi connectivity index (χ3v) is 5.65. The molecule has 1 fully saturated rings. The summed E-state index contributed by atoms with van der Waals surface area (Å²) < 4.78 is 1.12. The van der Waals surface area contributed by atoms with Crippen LogP contribution in [0.5, 0.6) is 0 Å². The second kappa shape index (κ2) is 4.94. The van der Waals surface area contributed by atoms with Gasteiger partial charge in [0.25, 0.3) is 0 Å². The zero-order chi connectivity index (χ0) is 13.4. The molecule has 0 radical (unpaired) electrons. The zero-order valence-corrected chi connectivity index (χ0v) is 13.2. The monoisotopic (exact) mass is 330 g/mol. The van der Waals surface area contributed by atoms with E-state index < -0.39 is 0 Å². The predicted molar refractivity (Wildman–Crippen MR) is 78.8 cm³/mol. The Balaban J connectivity index is 1.95. The van der Waals surface area contributed by atoms with Crippen LogP contribution >= 0.6 is 27.3 Å². The summed E-state index contributed by atoms with van der Waals surface area (Å²) >= 11 is 5.19. The first-order valence-electron chi connectivity index (χ1n) is 6.14. The molecule has 0 atom stereocenters. The standard InChI is InChI=1S/C13H19BrN2OS/c1-12(2,9-3-4-10(14)18-9)8-16-11(17)13(7-15)5-6-13/h3-4H,5-8,15H2,1-2H3,(H,16,17). The topological polar surface area (TPSA) is 55.1 Å². The van der Waals surface area contributed by atoms with E-state index >= 15 is 0 Å². The maximum atomic E-state index is 12.0. The summed E-state index contributed by atoms with van der Waals surface area (Å²) in [6.45, 7) is 5.41. The number of carbonyl (C=O) groups is 1. The highest BCUT2D eigenvalue weighted by Crippen LogP contribution is 2.44. The van der Waals surface area contributed by atoms with Crippen molar-refractivity contribution in [2.45, 2.75) is 32.1 Å². The van der Waals surface area contributed by atoms with Crippen molar-refractivity contribution in [1.29, 1.82) is 0 Å². The molecule has 3 nitrogen and oxygen atoms in total. The molecule has 100 valence electrons. The highest BCUT2D eigenvalue weighted by molar-refractivity contribution is 9.11. The fraction of sp³-hybridized carbons (Fsp3) is 0.615. The van der Waals surface area contributed by atoms with Crippen LogP contribution in [0.1, 0.15) is 31.6 Å². The third-order valence-electron chi connectivity index (χ3n) is 3.66. The smallest absolute Gasteiger partial charge is 0.227 e. The van der Waals surface area contributed by atoms with Crippen LogP contribution in [0, 0.1) is 5.41 Å². The van der Waals surface area contributed by atoms with Crippen molar-refractivity contribution < 1.29 is 4.79 Å². The number of rotatable bonds is 5. The van der Waals surface area contributed by atoms with Gasteiger partial charge in [-0.25, -0.2) is 0 Å². The lowest BCUT2D eigenvalue weighted by Gasteiger charge is -2.25. The molecule has 1 heterocycles. The van der Waals surface area contributed by atoms with Crippen LogP contribution in [0.4, 0.5) is 0 Å². The molecule has 0 bridgehead atoms. The van der Waals surface area contributed by atoms with Crippen LogP contribution < -0.4 is 11.1 Å². The van der Waals surface area contributed by atoms with Gasteiger partial charge in [-0.15, -0.1) is 11.3 Å². The van der Waals surface area contributed by atoms with Crippen LogP contribution in [0.15, 0.2) is 15.9 Å². The number of carbonyl (C=O) groups excluding carboxylic acids is 1. The van der Waals surface area contributed by atoms with Crippen molar-refractivity contribution >= 4 is 33.2 Å². The summed E-state index contributed by atoms with van der Waals surface area (Å²) in [5.41, 5.74) is 5.36. The SMILES string of the molecule is CC(C)(CNC(=O)C1(CN)CC1)c1ccc(Br)s1. The number of amides is 1. The van der Waals surface area contributed by atoms with Crippen LogP contribution in [0.2, 0.25) is 0 Å². The average Bonchev–Trinajstić information content (AvgIpc) is 3.02. The quantitative estimate of drug-likeness (QED) is 0.871. The van der Waals surface area contributed by atoms with Crippen LogP contribution in [0.3, 0.4) is 0 Å². The molecule has 1 aliphatic carbocycles. The van der Waals surface area contributed by atoms with Crippen LogP contribution in [-0.4, -0.2) is 19.0 Å². The zero-order valence-electron chi connectivity index (χ0n) is 10.8. The van der Waals surface area contributed by atoms with Crippen LogP contribution in [0.25, 0.3) is 0 Å². The molecule has 1 amide bonds. The second-order valence-corrected chi connectivity index (χ2v) is 8.12. The molecule has 1 saturated carbocycles. The van der Waals surface area contributed by atoms with Gasteiger partial charge in [0.05, 0.1) is 9.20 Å². The Bertz CT molecular complexity index is 452. The number of hydrogen-bond donors (Lipinski definition) is 2. The summed E-state index contributed by atoms with van der Waals surface area (Å²) in [6, 6.07) is 4.16. The first kappa shape index (κ1) is 14.0. The summed E-state index contributed by atoms with van der Waals surface area (Å²) in [4.78, 5) is 13.3. The van der Waals surface area contributed by atoms with E-state index in [1.54, 1.807) is 11.3 Å². The van der Waals surface area contributed by atoms with Gasteiger partial charge in [0, 0.05) is 23.4 Å². The molecular weight excluding hydrogens is 312 g/mol. The maximum absolute atomic E-state index is 12.0. The fourth-order valence-electron chi connectivity index (χ4n) is 1.93. The third kappa shape index (κ3) is 2.78. The van der Waals surface area contributed by atoms with E-state index in [4.69, 9.17) is 5.73 Å². The van der Waals surface area contributed by atoms with Crippen molar-refractivity contribution in [3.8, 4) is 0 Å². The van der Waals surface area contributed by atoms with E-state index in [0.29, 0.717) is 13.1 Å². The molecule has 5 heteroatoms. The minimum absolute atomic E-state index is 0.0446. The minimum atomic E-state index is -0.258. The Morgan fingerprint density at radius 1 is 1.56 bits per heavy atom. The molecule has 2 rings (SSSR count). The first-order chi connectivity index (χ1) is 8.39. The molecule has 3 N–H and O–H groups in total.